The fraction of sp³-hybridized carbons (Fsp3) is 0.0500. The third-order valence-corrected chi connectivity index (χ3v) is 4.10. The Labute approximate surface area is 144 Å². The van der Waals surface area contributed by atoms with Crippen molar-refractivity contribution >= 4 is 16.8 Å². The first-order valence-corrected chi connectivity index (χ1v) is 8.01. The minimum atomic E-state index is -0.113. The second-order valence-corrected chi connectivity index (χ2v) is 5.68. The van der Waals surface area contributed by atoms with E-state index in [0.29, 0.717) is 12.1 Å². The van der Waals surface area contributed by atoms with Crippen molar-refractivity contribution in [1.82, 2.24) is 20.3 Å². The van der Waals surface area contributed by atoms with Crippen LogP contribution in [-0.4, -0.2) is 20.9 Å². The summed E-state index contributed by atoms with van der Waals surface area (Å²) in [5.74, 6) is -0.113. The summed E-state index contributed by atoms with van der Waals surface area (Å²) in [7, 11) is 0. The molecule has 1 amide bonds. The summed E-state index contributed by atoms with van der Waals surface area (Å²) in [6.07, 6.45) is 6.98. The lowest BCUT2D eigenvalue weighted by Crippen LogP contribution is -2.23. The van der Waals surface area contributed by atoms with Crippen molar-refractivity contribution in [1.29, 1.82) is 0 Å². The molecule has 0 saturated carbocycles. The molecule has 0 aliphatic carbocycles. The van der Waals surface area contributed by atoms with Gasteiger partial charge in [-0.15, -0.1) is 0 Å². The van der Waals surface area contributed by atoms with E-state index in [2.05, 4.69) is 20.3 Å². The van der Waals surface area contributed by atoms with Gasteiger partial charge in [-0.05, 0) is 29.8 Å². The molecule has 0 aliphatic heterocycles. The highest BCUT2D eigenvalue weighted by Gasteiger charge is 2.13. The number of nitrogens with one attached hydrogen (secondary N) is 2. The molecule has 122 valence electrons. The maximum atomic E-state index is 12.6. The summed E-state index contributed by atoms with van der Waals surface area (Å²) >= 11 is 0. The van der Waals surface area contributed by atoms with Gasteiger partial charge in [-0.1, -0.05) is 24.3 Å². The lowest BCUT2D eigenvalue weighted by atomic mass is 10.1. The molecule has 1 aromatic carbocycles. The highest BCUT2D eigenvalue weighted by Crippen LogP contribution is 2.21. The zero-order valence-corrected chi connectivity index (χ0v) is 13.4. The standard InChI is InChI=1S/C20H16N4O/c25-20(17-13-23-18-8-2-1-7-16(17)18)24-12-15-6-4-10-22-19(15)14-5-3-9-21-11-14/h1-11,13,23H,12H2,(H,24,25). The van der Waals surface area contributed by atoms with E-state index in [1.807, 2.05) is 48.5 Å². The Morgan fingerprint density at radius 2 is 1.92 bits per heavy atom. The van der Waals surface area contributed by atoms with Crippen LogP contribution >= 0.6 is 0 Å². The molecule has 4 aromatic rings. The van der Waals surface area contributed by atoms with Crippen molar-refractivity contribution in [3.63, 3.8) is 0 Å². The van der Waals surface area contributed by atoms with Crippen LogP contribution in [0.3, 0.4) is 0 Å². The first-order chi connectivity index (χ1) is 12.3. The smallest absolute Gasteiger partial charge is 0.253 e. The molecule has 25 heavy (non-hydrogen) atoms. The van der Waals surface area contributed by atoms with Gasteiger partial charge in [0.2, 0.25) is 0 Å². The maximum absolute atomic E-state index is 12.6. The Balaban J connectivity index is 1.57. The van der Waals surface area contributed by atoms with Gasteiger partial charge >= 0.3 is 0 Å². The number of aromatic nitrogens is 3. The van der Waals surface area contributed by atoms with Crippen molar-refractivity contribution in [3.05, 3.63) is 84.4 Å². The van der Waals surface area contributed by atoms with Gasteiger partial charge in [0, 0.05) is 47.8 Å². The first-order valence-electron chi connectivity index (χ1n) is 8.01. The minimum absolute atomic E-state index is 0.113. The molecule has 3 heterocycles. The number of carbonyl (C=O) groups excluding carboxylic acids is 1. The highest BCUT2D eigenvalue weighted by molar-refractivity contribution is 6.06. The zero-order chi connectivity index (χ0) is 17.1. The predicted molar refractivity (Wildman–Crippen MR) is 96.9 cm³/mol. The van der Waals surface area contributed by atoms with Gasteiger partial charge in [-0.3, -0.25) is 14.8 Å². The minimum Gasteiger partial charge on any atom is -0.360 e. The van der Waals surface area contributed by atoms with Crippen molar-refractivity contribution in [2.75, 3.05) is 0 Å². The largest absolute Gasteiger partial charge is 0.360 e. The van der Waals surface area contributed by atoms with Crippen LogP contribution in [0.2, 0.25) is 0 Å². The topological polar surface area (TPSA) is 70.7 Å². The molecule has 4 rings (SSSR count). The number of hydrogen-bond acceptors (Lipinski definition) is 3. The average molecular weight is 328 g/mol. The van der Waals surface area contributed by atoms with Gasteiger partial charge in [-0.25, -0.2) is 0 Å². The van der Waals surface area contributed by atoms with Crippen LogP contribution in [0.1, 0.15) is 15.9 Å². The summed E-state index contributed by atoms with van der Waals surface area (Å²) in [5.41, 5.74) is 4.30. The van der Waals surface area contributed by atoms with Crippen molar-refractivity contribution in [3.8, 4) is 11.3 Å². The van der Waals surface area contributed by atoms with Crippen LogP contribution in [0.15, 0.2) is 73.3 Å². The molecule has 3 aromatic heterocycles. The molecular formula is C20H16N4O. The number of aromatic amines is 1. The number of benzene rings is 1. The fourth-order valence-electron chi connectivity index (χ4n) is 2.87. The number of fused-ring (bicyclic) bond motifs is 1. The second-order valence-electron chi connectivity index (χ2n) is 5.68. The first kappa shape index (κ1) is 15.1. The Bertz CT molecular complexity index is 1020. The third-order valence-electron chi connectivity index (χ3n) is 4.10. The van der Waals surface area contributed by atoms with Crippen LogP contribution in [0.25, 0.3) is 22.2 Å². The summed E-state index contributed by atoms with van der Waals surface area (Å²) in [4.78, 5) is 24.3. The van der Waals surface area contributed by atoms with E-state index in [4.69, 9.17) is 0 Å². The quantitative estimate of drug-likeness (QED) is 0.602. The summed E-state index contributed by atoms with van der Waals surface area (Å²) in [5, 5.41) is 3.90. The lowest BCUT2D eigenvalue weighted by molar-refractivity contribution is 0.0952. The summed E-state index contributed by atoms with van der Waals surface area (Å²) in [6.45, 7) is 0.399. The van der Waals surface area contributed by atoms with E-state index in [9.17, 15) is 4.79 Å². The van der Waals surface area contributed by atoms with Gasteiger partial charge < -0.3 is 10.3 Å². The Morgan fingerprint density at radius 1 is 1.04 bits per heavy atom. The predicted octanol–water partition coefficient (Wildman–Crippen LogP) is 3.55. The van der Waals surface area contributed by atoms with Crippen molar-refractivity contribution in [2.24, 2.45) is 0 Å². The van der Waals surface area contributed by atoms with E-state index >= 15 is 0 Å². The third kappa shape index (κ3) is 2.99. The van der Waals surface area contributed by atoms with Crippen LogP contribution in [0, 0.1) is 0 Å². The molecule has 0 atom stereocenters. The van der Waals surface area contributed by atoms with Gasteiger partial charge in [0.25, 0.3) is 5.91 Å². The van der Waals surface area contributed by atoms with Crippen LogP contribution in [0.4, 0.5) is 0 Å². The Kier molecular flexibility index (Phi) is 3.96. The number of para-hydroxylation sites is 1. The van der Waals surface area contributed by atoms with Gasteiger partial charge in [0.1, 0.15) is 0 Å². The Morgan fingerprint density at radius 3 is 2.80 bits per heavy atom. The van der Waals surface area contributed by atoms with E-state index in [1.165, 1.54) is 0 Å². The number of amides is 1. The molecule has 0 aliphatic rings. The van der Waals surface area contributed by atoms with E-state index in [1.54, 1.807) is 24.8 Å². The number of rotatable bonds is 4. The molecule has 0 radical (unpaired) electrons. The SMILES string of the molecule is O=C(NCc1cccnc1-c1cccnc1)c1c[nH]c2ccccc12. The normalized spacial score (nSPS) is 10.7. The number of carbonyl (C=O) groups is 1. The van der Waals surface area contributed by atoms with Crippen LogP contribution < -0.4 is 5.32 Å². The van der Waals surface area contributed by atoms with E-state index in [-0.39, 0.29) is 5.91 Å². The molecule has 5 nitrogen and oxygen atoms in total. The molecule has 0 fully saturated rings. The fourth-order valence-corrected chi connectivity index (χ4v) is 2.87. The van der Waals surface area contributed by atoms with Gasteiger partial charge in [-0.2, -0.15) is 0 Å². The summed E-state index contributed by atoms with van der Waals surface area (Å²) < 4.78 is 0. The number of hydrogen-bond donors (Lipinski definition) is 2. The molecule has 0 saturated heterocycles. The number of H-pyrrole nitrogens is 1. The molecule has 0 bridgehead atoms. The average Bonchev–Trinajstić information content (AvgIpc) is 3.11. The van der Waals surface area contributed by atoms with Crippen molar-refractivity contribution < 1.29 is 4.79 Å². The molecular weight excluding hydrogens is 312 g/mol. The molecule has 2 N–H and O–H groups in total. The molecule has 5 heteroatoms. The monoisotopic (exact) mass is 328 g/mol. The maximum Gasteiger partial charge on any atom is 0.253 e. The van der Waals surface area contributed by atoms with Crippen LogP contribution in [0.5, 0.6) is 0 Å². The van der Waals surface area contributed by atoms with Crippen molar-refractivity contribution in [2.45, 2.75) is 6.54 Å². The number of nitrogens with zero attached hydrogens (tertiary/aromatic N) is 2. The summed E-state index contributed by atoms with van der Waals surface area (Å²) in [6, 6.07) is 15.4. The van der Waals surface area contributed by atoms with Crippen LogP contribution in [-0.2, 0) is 6.54 Å². The highest BCUT2D eigenvalue weighted by atomic mass is 16.1. The second kappa shape index (κ2) is 6.57. The molecule has 0 spiro atoms. The molecule has 0 unspecified atom stereocenters. The number of pyridine rings is 2. The van der Waals surface area contributed by atoms with Gasteiger partial charge in [0.05, 0.1) is 11.3 Å². The van der Waals surface area contributed by atoms with E-state index in [0.717, 1.165) is 27.7 Å². The lowest BCUT2D eigenvalue weighted by Gasteiger charge is -2.09. The van der Waals surface area contributed by atoms with Gasteiger partial charge in [0.15, 0.2) is 0 Å². The Hall–Kier alpha value is -3.47. The van der Waals surface area contributed by atoms with E-state index < -0.39 is 0 Å². The zero-order valence-electron chi connectivity index (χ0n) is 13.4.